The Morgan fingerprint density at radius 3 is 1.88 bits per heavy atom. The molecule has 0 radical (unpaired) electrons. The molecule has 0 N–H and O–H groups in total. The lowest BCUT2D eigenvalue weighted by Crippen LogP contribution is -2.32. The summed E-state index contributed by atoms with van der Waals surface area (Å²) < 4.78 is 58.5. The van der Waals surface area contributed by atoms with E-state index in [0.717, 1.165) is 94.4 Å². The number of pyridine rings is 1. The van der Waals surface area contributed by atoms with Crippen molar-refractivity contribution in [1.29, 1.82) is 0 Å². The van der Waals surface area contributed by atoms with Crippen molar-refractivity contribution in [2.24, 2.45) is 0 Å². The maximum Gasteiger partial charge on any atom is 0.269 e. The largest absolute Gasteiger partial charge is 0.458 e. The Morgan fingerprint density at radius 2 is 1.14 bits per heavy atom. The highest BCUT2D eigenvalue weighted by atomic mass is 16.5. The number of rotatable bonds is 6. The van der Waals surface area contributed by atoms with Crippen molar-refractivity contribution in [3.63, 3.8) is 0 Å². The van der Waals surface area contributed by atoms with Crippen molar-refractivity contribution < 1.29 is 16.2 Å². The number of fused-ring (bicyclic) bond motifs is 10. The molecule has 4 heterocycles. The van der Waals surface area contributed by atoms with Crippen LogP contribution < -0.4 is 9.30 Å². The van der Waals surface area contributed by atoms with E-state index < -0.39 is 23.5 Å². The Bertz CT molecular complexity index is 4420. The van der Waals surface area contributed by atoms with Gasteiger partial charge in [-0.25, -0.2) is 4.98 Å². The molecule has 5 nitrogen and oxygen atoms in total. The van der Waals surface area contributed by atoms with Gasteiger partial charge in [0.1, 0.15) is 17.3 Å². The summed E-state index contributed by atoms with van der Waals surface area (Å²) >= 11 is 0. The van der Waals surface area contributed by atoms with Gasteiger partial charge in [-0.15, -0.1) is 0 Å². The molecule has 13 rings (SSSR count). The standard InChI is InChI=1S/C68H54N4O/c1-67(2,3)47-35-36-69-64(40-47)72-61-34-31-46(44-19-9-7-10-20-44)37-59(61)56-33-32-51(42-63(56)72)73-50-24-17-23-49(41-50)70-43-71-65-58(45-21-11-8-12-22-45)38-48(68(4,5)6)39-60(65)55-28-16-14-26-53(55)52-25-13-15-27-54(52)57-29-18-30-62(70)66(57)71/h7-42H,1-6H3/i8D,11D,12D,21D,22D. The molecule has 5 heteroatoms. The Morgan fingerprint density at radius 1 is 0.479 bits per heavy atom. The van der Waals surface area contributed by atoms with E-state index in [1.54, 1.807) is 0 Å². The number of para-hydroxylation sites is 1. The predicted octanol–water partition coefficient (Wildman–Crippen LogP) is 17.2. The summed E-state index contributed by atoms with van der Waals surface area (Å²) in [6.45, 7) is 13.1. The first-order chi connectivity index (χ1) is 37.5. The van der Waals surface area contributed by atoms with Gasteiger partial charge < -0.3 is 4.74 Å². The summed E-state index contributed by atoms with van der Waals surface area (Å²) in [6, 6.07) is 61.1. The molecule has 0 unspecified atom stereocenters. The molecule has 352 valence electrons. The quantitative estimate of drug-likeness (QED) is 0.123. The van der Waals surface area contributed by atoms with Gasteiger partial charge in [0, 0.05) is 23.0 Å². The molecule has 0 amide bonds. The molecule has 1 aliphatic heterocycles. The van der Waals surface area contributed by atoms with Crippen molar-refractivity contribution in [3.8, 4) is 84.3 Å². The molecule has 3 aromatic heterocycles. The molecule has 0 saturated heterocycles. The summed E-state index contributed by atoms with van der Waals surface area (Å²) in [4.78, 5) is 4.96. The zero-order valence-electron chi connectivity index (χ0n) is 46.6. The van der Waals surface area contributed by atoms with Crippen molar-refractivity contribution >= 4 is 32.8 Å². The summed E-state index contributed by atoms with van der Waals surface area (Å²) in [7, 11) is 0. The highest BCUT2D eigenvalue weighted by Gasteiger charge is 2.29. The van der Waals surface area contributed by atoms with Crippen LogP contribution in [0.3, 0.4) is 0 Å². The first-order valence-corrected chi connectivity index (χ1v) is 24.9. The number of imidazole rings is 1. The van der Waals surface area contributed by atoms with Crippen LogP contribution in [-0.4, -0.2) is 14.1 Å². The first kappa shape index (κ1) is 38.9. The minimum absolute atomic E-state index is 0.0866. The van der Waals surface area contributed by atoms with Gasteiger partial charge in [-0.3, -0.25) is 13.7 Å². The number of nitrogens with zero attached hydrogens (tertiary/aromatic N) is 4. The van der Waals surface area contributed by atoms with Crippen molar-refractivity contribution in [3.05, 3.63) is 236 Å². The van der Waals surface area contributed by atoms with Crippen LogP contribution in [0.1, 0.15) is 59.5 Å². The number of benzene rings is 9. The Hall–Kier alpha value is -8.80. The second-order valence-corrected chi connectivity index (χ2v) is 21.1. The van der Waals surface area contributed by atoms with Crippen LogP contribution in [0.2, 0.25) is 0 Å². The first-order valence-electron chi connectivity index (χ1n) is 27.4. The Kier molecular flexibility index (Phi) is 9.02. The van der Waals surface area contributed by atoms with Gasteiger partial charge in [0.25, 0.3) is 6.33 Å². The van der Waals surface area contributed by atoms with Gasteiger partial charge in [-0.05, 0) is 132 Å². The van der Waals surface area contributed by atoms with Crippen LogP contribution in [0.4, 0.5) is 0 Å². The second-order valence-electron chi connectivity index (χ2n) is 21.1. The number of ether oxygens (including phenoxy) is 1. The Labute approximate surface area is 433 Å². The van der Waals surface area contributed by atoms with E-state index in [9.17, 15) is 2.74 Å². The van der Waals surface area contributed by atoms with Crippen molar-refractivity contribution in [2.45, 2.75) is 52.4 Å². The molecule has 1 aliphatic rings. The topological polar surface area (TPSA) is 35.9 Å². The highest BCUT2D eigenvalue weighted by molar-refractivity contribution is 6.11. The smallest absolute Gasteiger partial charge is 0.269 e. The molecule has 9 aromatic carbocycles. The van der Waals surface area contributed by atoms with E-state index in [1.807, 2.05) is 63.9 Å². The molecule has 0 bridgehead atoms. The fraction of sp³-hybridized carbons (Fsp3) is 0.118. The molecule has 0 fully saturated rings. The molecule has 0 aliphatic carbocycles. The highest BCUT2D eigenvalue weighted by Crippen LogP contribution is 2.47. The molecule has 0 atom stereocenters. The molecule has 12 aromatic rings. The average Bonchev–Trinajstić information content (AvgIpc) is 4.18. The van der Waals surface area contributed by atoms with Gasteiger partial charge in [-0.2, -0.15) is 0 Å². The van der Waals surface area contributed by atoms with Crippen molar-refractivity contribution in [2.75, 3.05) is 0 Å². The van der Waals surface area contributed by atoms with Crippen LogP contribution in [0.15, 0.2) is 218 Å². The zero-order valence-corrected chi connectivity index (χ0v) is 41.6. The van der Waals surface area contributed by atoms with E-state index in [1.165, 1.54) is 5.56 Å². The van der Waals surface area contributed by atoms with E-state index in [0.29, 0.717) is 22.7 Å². The van der Waals surface area contributed by atoms with Crippen LogP contribution >= 0.6 is 0 Å². The minimum Gasteiger partial charge on any atom is -0.458 e. The van der Waals surface area contributed by atoms with E-state index in [-0.39, 0.29) is 23.1 Å². The maximum atomic E-state index is 9.44. The van der Waals surface area contributed by atoms with Gasteiger partial charge in [0.05, 0.1) is 40.3 Å². The van der Waals surface area contributed by atoms with Crippen LogP contribution in [-0.2, 0) is 10.8 Å². The van der Waals surface area contributed by atoms with Gasteiger partial charge in [0.15, 0.2) is 0 Å². The average molecular weight is 948 g/mol. The van der Waals surface area contributed by atoms with Crippen LogP contribution in [0, 0.1) is 6.33 Å². The van der Waals surface area contributed by atoms with E-state index in [4.69, 9.17) is 13.8 Å². The van der Waals surface area contributed by atoms with Gasteiger partial charge in [-0.1, -0.05) is 193 Å². The van der Waals surface area contributed by atoms with Crippen LogP contribution in [0.25, 0.3) is 106 Å². The third-order valence-corrected chi connectivity index (χ3v) is 14.4. The number of aromatic nitrogens is 4. The molecule has 0 spiro atoms. The lowest BCUT2D eigenvalue weighted by molar-refractivity contribution is -0.570. The normalized spacial score (nSPS) is 13.2. The van der Waals surface area contributed by atoms with E-state index >= 15 is 0 Å². The summed E-state index contributed by atoms with van der Waals surface area (Å²) in [6.07, 6.45) is 5.71. The third kappa shape index (κ3) is 7.54. The van der Waals surface area contributed by atoms with E-state index in [2.05, 4.69) is 186 Å². The van der Waals surface area contributed by atoms with Crippen molar-refractivity contribution in [1.82, 2.24) is 14.1 Å². The lowest BCUT2D eigenvalue weighted by Gasteiger charge is -2.26. The minimum atomic E-state index is -0.441. The lowest BCUT2D eigenvalue weighted by atomic mass is 9.81. The maximum absolute atomic E-state index is 9.44. The molecule has 73 heavy (non-hydrogen) atoms. The molecular formula is C68H54N4O. The second kappa shape index (κ2) is 16.9. The summed E-state index contributed by atoms with van der Waals surface area (Å²) in [5.41, 5.74) is 15.5. The number of hydrogen-bond acceptors (Lipinski definition) is 2. The predicted molar refractivity (Wildman–Crippen MR) is 300 cm³/mol. The third-order valence-electron chi connectivity index (χ3n) is 14.4. The van der Waals surface area contributed by atoms with Gasteiger partial charge in [0.2, 0.25) is 0 Å². The molecular weight excluding hydrogens is 889 g/mol. The summed E-state index contributed by atoms with van der Waals surface area (Å²) in [5, 5.41) is 2.19. The zero-order chi connectivity index (χ0) is 53.9. The fourth-order valence-corrected chi connectivity index (χ4v) is 10.7. The van der Waals surface area contributed by atoms with Gasteiger partial charge >= 0.3 is 0 Å². The monoisotopic (exact) mass is 947 g/mol. The number of hydrogen-bond donors (Lipinski definition) is 0. The van der Waals surface area contributed by atoms with Crippen LogP contribution in [0.5, 0.6) is 11.5 Å². The fourth-order valence-electron chi connectivity index (χ4n) is 10.7. The summed E-state index contributed by atoms with van der Waals surface area (Å²) in [5.74, 6) is 2.09. The SMILES string of the molecule is [2H]c1c([2H])c([2H])c(-c2cc(C(C)(C)C)cc3c2-[n+]2[c-]n(-c4cccc(Oc5ccc6c7cc(-c8ccccc8)ccc7n(-c7cc(C(C)(C)C)ccn7)c6c5)c4)c4cccc(c42)-c2ccccc2-c2ccccc2-3)c([2H])c1[2H]. The molecule has 0 saturated carbocycles. The Balaban J connectivity index is 1.02.